The molecule has 0 aliphatic heterocycles. The SMILES string of the molecule is C=C(C(=O)OC)C(O)CCCCO. The van der Waals surface area contributed by atoms with Crippen molar-refractivity contribution in [3.63, 3.8) is 0 Å². The predicted molar refractivity (Wildman–Crippen MR) is 48.1 cm³/mol. The Hall–Kier alpha value is -0.870. The molecule has 0 aromatic heterocycles. The van der Waals surface area contributed by atoms with Gasteiger partial charge in [-0.25, -0.2) is 4.79 Å². The van der Waals surface area contributed by atoms with Crippen LogP contribution >= 0.6 is 0 Å². The van der Waals surface area contributed by atoms with Crippen LogP contribution in [0.15, 0.2) is 12.2 Å². The summed E-state index contributed by atoms with van der Waals surface area (Å²) in [4.78, 5) is 10.9. The van der Waals surface area contributed by atoms with E-state index < -0.39 is 12.1 Å². The Labute approximate surface area is 77.8 Å². The third-order valence-electron chi connectivity index (χ3n) is 1.74. The van der Waals surface area contributed by atoms with Gasteiger partial charge in [-0.3, -0.25) is 0 Å². The van der Waals surface area contributed by atoms with E-state index in [1.807, 2.05) is 0 Å². The maximum Gasteiger partial charge on any atom is 0.335 e. The van der Waals surface area contributed by atoms with Gasteiger partial charge in [0.15, 0.2) is 0 Å². The van der Waals surface area contributed by atoms with Gasteiger partial charge in [-0.1, -0.05) is 6.58 Å². The number of carbonyl (C=O) groups is 1. The van der Waals surface area contributed by atoms with E-state index in [1.54, 1.807) is 0 Å². The number of esters is 1. The van der Waals surface area contributed by atoms with Crippen LogP contribution in [0.1, 0.15) is 19.3 Å². The van der Waals surface area contributed by atoms with Crippen molar-refractivity contribution >= 4 is 5.97 Å². The van der Waals surface area contributed by atoms with Crippen molar-refractivity contribution < 1.29 is 19.7 Å². The first-order valence-electron chi connectivity index (χ1n) is 4.19. The molecule has 0 saturated heterocycles. The monoisotopic (exact) mass is 188 g/mol. The Morgan fingerprint density at radius 1 is 1.54 bits per heavy atom. The van der Waals surface area contributed by atoms with E-state index >= 15 is 0 Å². The Morgan fingerprint density at radius 2 is 2.15 bits per heavy atom. The van der Waals surface area contributed by atoms with Crippen LogP contribution in [0, 0.1) is 0 Å². The van der Waals surface area contributed by atoms with Crippen molar-refractivity contribution in [1.29, 1.82) is 0 Å². The van der Waals surface area contributed by atoms with Crippen molar-refractivity contribution in [2.24, 2.45) is 0 Å². The number of unbranched alkanes of at least 4 members (excludes halogenated alkanes) is 1. The second-order valence-electron chi connectivity index (χ2n) is 2.75. The van der Waals surface area contributed by atoms with Gasteiger partial charge in [-0.2, -0.15) is 0 Å². The summed E-state index contributed by atoms with van der Waals surface area (Å²) in [5, 5.41) is 17.8. The average Bonchev–Trinajstić information content (AvgIpc) is 2.15. The Kier molecular flexibility index (Phi) is 6.18. The molecular weight excluding hydrogens is 172 g/mol. The largest absolute Gasteiger partial charge is 0.466 e. The van der Waals surface area contributed by atoms with E-state index in [-0.39, 0.29) is 12.2 Å². The molecule has 2 N–H and O–H groups in total. The van der Waals surface area contributed by atoms with Crippen molar-refractivity contribution in [1.82, 2.24) is 0 Å². The summed E-state index contributed by atoms with van der Waals surface area (Å²) in [5.41, 5.74) is 0.0699. The summed E-state index contributed by atoms with van der Waals surface area (Å²) in [6, 6.07) is 0. The summed E-state index contributed by atoms with van der Waals surface area (Å²) >= 11 is 0. The summed E-state index contributed by atoms with van der Waals surface area (Å²) in [6.07, 6.45) is 0.840. The molecule has 4 heteroatoms. The molecule has 0 bridgehead atoms. The van der Waals surface area contributed by atoms with E-state index in [0.29, 0.717) is 19.3 Å². The highest BCUT2D eigenvalue weighted by atomic mass is 16.5. The minimum absolute atomic E-state index is 0.0699. The molecule has 0 spiro atoms. The zero-order valence-corrected chi connectivity index (χ0v) is 7.82. The van der Waals surface area contributed by atoms with Crippen LogP contribution in [0.3, 0.4) is 0 Å². The zero-order valence-electron chi connectivity index (χ0n) is 7.82. The van der Waals surface area contributed by atoms with Crippen LogP contribution in [0.4, 0.5) is 0 Å². The molecule has 0 rings (SSSR count). The molecule has 0 aromatic carbocycles. The molecule has 0 radical (unpaired) electrons. The van der Waals surface area contributed by atoms with Gasteiger partial charge in [0.05, 0.1) is 18.8 Å². The molecule has 0 saturated carbocycles. The van der Waals surface area contributed by atoms with Crippen LogP contribution in [0.25, 0.3) is 0 Å². The molecule has 0 heterocycles. The molecule has 0 fully saturated rings. The maximum atomic E-state index is 10.9. The van der Waals surface area contributed by atoms with Crippen molar-refractivity contribution in [2.45, 2.75) is 25.4 Å². The van der Waals surface area contributed by atoms with Gasteiger partial charge in [0.2, 0.25) is 0 Å². The van der Waals surface area contributed by atoms with E-state index in [9.17, 15) is 9.90 Å². The van der Waals surface area contributed by atoms with Crippen molar-refractivity contribution in [2.75, 3.05) is 13.7 Å². The summed E-state index contributed by atoms with van der Waals surface area (Å²) in [7, 11) is 1.24. The lowest BCUT2D eigenvalue weighted by atomic mass is 10.1. The Balaban J connectivity index is 3.76. The minimum Gasteiger partial charge on any atom is -0.466 e. The van der Waals surface area contributed by atoms with E-state index in [1.165, 1.54) is 7.11 Å². The highest BCUT2D eigenvalue weighted by Gasteiger charge is 2.15. The van der Waals surface area contributed by atoms with Gasteiger partial charge in [-0.15, -0.1) is 0 Å². The van der Waals surface area contributed by atoms with Crippen LogP contribution in [0.5, 0.6) is 0 Å². The van der Waals surface area contributed by atoms with E-state index in [0.717, 1.165) is 0 Å². The topological polar surface area (TPSA) is 66.8 Å². The first-order valence-corrected chi connectivity index (χ1v) is 4.19. The predicted octanol–water partition coefficient (Wildman–Crippen LogP) is 0.239. The standard InChI is InChI=1S/C9H16O4/c1-7(9(12)13-2)8(11)5-3-4-6-10/h8,10-11H,1,3-6H2,2H3. The van der Waals surface area contributed by atoms with Crippen molar-refractivity contribution in [3.8, 4) is 0 Å². The van der Waals surface area contributed by atoms with Crippen LogP contribution in [-0.4, -0.2) is 36.0 Å². The van der Waals surface area contributed by atoms with Gasteiger partial charge >= 0.3 is 5.97 Å². The number of aliphatic hydroxyl groups excluding tert-OH is 2. The van der Waals surface area contributed by atoms with E-state index in [2.05, 4.69) is 11.3 Å². The number of ether oxygens (including phenoxy) is 1. The highest BCUT2D eigenvalue weighted by molar-refractivity contribution is 5.88. The summed E-state index contributed by atoms with van der Waals surface area (Å²) in [6.45, 7) is 3.51. The molecule has 1 atom stereocenters. The molecule has 0 aromatic rings. The fraction of sp³-hybridized carbons (Fsp3) is 0.667. The van der Waals surface area contributed by atoms with Crippen molar-refractivity contribution in [3.05, 3.63) is 12.2 Å². The second-order valence-corrected chi connectivity index (χ2v) is 2.75. The maximum absolute atomic E-state index is 10.9. The number of hydrogen-bond acceptors (Lipinski definition) is 4. The molecule has 76 valence electrons. The number of methoxy groups -OCH3 is 1. The number of rotatable bonds is 6. The molecular formula is C9H16O4. The lowest BCUT2D eigenvalue weighted by Crippen LogP contribution is -2.18. The third-order valence-corrected chi connectivity index (χ3v) is 1.74. The number of aliphatic hydroxyl groups is 2. The fourth-order valence-electron chi connectivity index (χ4n) is 0.891. The summed E-state index contributed by atoms with van der Waals surface area (Å²) < 4.78 is 4.39. The quantitative estimate of drug-likeness (QED) is 0.356. The third kappa shape index (κ3) is 4.65. The zero-order chi connectivity index (χ0) is 10.3. The molecule has 13 heavy (non-hydrogen) atoms. The first-order chi connectivity index (χ1) is 6.13. The van der Waals surface area contributed by atoms with Gasteiger partial charge in [0, 0.05) is 6.61 Å². The first kappa shape index (κ1) is 12.1. The molecule has 0 aliphatic carbocycles. The number of carbonyl (C=O) groups excluding carboxylic acids is 1. The van der Waals surface area contributed by atoms with Gasteiger partial charge in [-0.05, 0) is 19.3 Å². The lowest BCUT2D eigenvalue weighted by Gasteiger charge is -2.10. The second kappa shape index (κ2) is 6.62. The molecule has 0 amide bonds. The van der Waals surface area contributed by atoms with Crippen LogP contribution in [0.2, 0.25) is 0 Å². The van der Waals surface area contributed by atoms with Gasteiger partial charge in [0.1, 0.15) is 0 Å². The summed E-state index contributed by atoms with van der Waals surface area (Å²) in [5.74, 6) is -0.587. The van der Waals surface area contributed by atoms with E-state index in [4.69, 9.17) is 5.11 Å². The number of hydrogen-bond donors (Lipinski definition) is 2. The van der Waals surface area contributed by atoms with Crippen LogP contribution < -0.4 is 0 Å². The van der Waals surface area contributed by atoms with Gasteiger partial charge in [0.25, 0.3) is 0 Å². The fourth-order valence-corrected chi connectivity index (χ4v) is 0.891. The lowest BCUT2D eigenvalue weighted by molar-refractivity contribution is -0.137. The highest BCUT2D eigenvalue weighted by Crippen LogP contribution is 2.09. The smallest absolute Gasteiger partial charge is 0.335 e. The molecule has 0 aliphatic rings. The molecule has 1 unspecified atom stereocenters. The average molecular weight is 188 g/mol. The molecule has 4 nitrogen and oxygen atoms in total. The Morgan fingerprint density at radius 3 is 2.62 bits per heavy atom. The van der Waals surface area contributed by atoms with Crippen LogP contribution in [-0.2, 0) is 9.53 Å². The Bertz CT molecular complexity index is 176. The normalized spacial score (nSPS) is 12.2. The van der Waals surface area contributed by atoms with Gasteiger partial charge < -0.3 is 14.9 Å². The minimum atomic E-state index is -0.862.